The number of nitrogens with zero attached hydrogens (tertiary/aromatic N) is 3. The van der Waals surface area contributed by atoms with Crippen LogP contribution in [-0.2, 0) is 0 Å². The smallest absolute Gasteiger partial charge is 0.0859 e. The average molecular weight is 483 g/mol. The van der Waals surface area contributed by atoms with Gasteiger partial charge >= 0.3 is 0 Å². The van der Waals surface area contributed by atoms with Crippen LogP contribution in [0.2, 0.25) is 0 Å². The Kier molecular flexibility index (Phi) is 14.3. The topological polar surface area (TPSA) is 0 Å². The number of rotatable bonds is 6. The van der Waals surface area contributed by atoms with Crippen molar-refractivity contribution in [3.8, 4) is 0 Å². The van der Waals surface area contributed by atoms with Crippen LogP contribution in [0.3, 0.4) is 0 Å². The molecule has 3 nitrogen and oxygen atoms in total. The lowest BCUT2D eigenvalue weighted by atomic mass is 9.90. The van der Waals surface area contributed by atoms with Crippen molar-refractivity contribution in [2.75, 3.05) is 73.5 Å². The minimum Gasteiger partial charge on any atom is -0.326 e. The summed E-state index contributed by atoms with van der Waals surface area (Å²) in [6, 6.07) is 0.890. The molecule has 0 saturated carbocycles. The van der Waals surface area contributed by atoms with Crippen molar-refractivity contribution in [1.82, 2.24) is 0 Å². The van der Waals surface area contributed by atoms with Crippen LogP contribution in [0.4, 0.5) is 0 Å². The van der Waals surface area contributed by atoms with E-state index in [1.165, 1.54) is 124 Å². The third-order valence-corrected chi connectivity index (χ3v) is 9.34. The fourth-order valence-electron chi connectivity index (χ4n) is 7.82. The van der Waals surface area contributed by atoms with Gasteiger partial charge in [0.05, 0.1) is 79.5 Å². The summed E-state index contributed by atoms with van der Waals surface area (Å²) < 4.78 is 3.98. The average Bonchev–Trinajstić information content (AvgIpc) is 2.71. The fraction of sp³-hybridized carbons (Fsp3) is 1.00. The van der Waals surface area contributed by atoms with Gasteiger partial charge in [0.25, 0.3) is 0 Å². The van der Waals surface area contributed by atoms with Crippen LogP contribution >= 0.6 is 0 Å². The van der Waals surface area contributed by atoms with Gasteiger partial charge in [-0.25, -0.2) is 0 Å². The highest BCUT2D eigenvalue weighted by Crippen LogP contribution is 2.27. The van der Waals surface area contributed by atoms with E-state index in [0.717, 1.165) is 23.8 Å². The molecule has 3 saturated heterocycles. The maximum absolute atomic E-state index is 2.43. The van der Waals surface area contributed by atoms with Gasteiger partial charge in [0, 0.05) is 17.8 Å². The maximum Gasteiger partial charge on any atom is 0.0859 e. The second-order valence-electron chi connectivity index (χ2n) is 13.9. The van der Waals surface area contributed by atoms with E-state index >= 15 is 0 Å². The van der Waals surface area contributed by atoms with Crippen LogP contribution in [-0.4, -0.2) is 93.0 Å². The van der Waals surface area contributed by atoms with Crippen molar-refractivity contribution in [3.63, 3.8) is 0 Å². The summed E-state index contributed by atoms with van der Waals surface area (Å²) in [7, 11) is 7.27. The zero-order valence-electron chi connectivity index (χ0n) is 25.7. The Labute approximate surface area is 217 Å². The Morgan fingerprint density at radius 2 is 1.06 bits per heavy atom. The van der Waals surface area contributed by atoms with E-state index < -0.39 is 0 Å². The molecule has 3 aliphatic heterocycles. The van der Waals surface area contributed by atoms with Crippen LogP contribution in [0.1, 0.15) is 106 Å². The van der Waals surface area contributed by atoms with E-state index in [2.05, 4.69) is 69.6 Å². The molecule has 0 bridgehead atoms. The van der Waals surface area contributed by atoms with E-state index in [9.17, 15) is 0 Å². The molecule has 204 valence electrons. The monoisotopic (exact) mass is 483 g/mol. The Hall–Kier alpha value is -0.120. The Morgan fingerprint density at radius 3 is 1.56 bits per heavy atom. The van der Waals surface area contributed by atoms with Gasteiger partial charge in [0.1, 0.15) is 0 Å². The molecule has 3 fully saturated rings. The molecule has 34 heavy (non-hydrogen) atoms. The predicted molar refractivity (Wildman–Crippen MR) is 153 cm³/mol. The zero-order chi connectivity index (χ0) is 25.8. The fourth-order valence-corrected chi connectivity index (χ4v) is 7.82. The van der Waals surface area contributed by atoms with Crippen molar-refractivity contribution >= 4 is 0 Å². The van der Waals surface area contributed by atoms with Crippen molar-refractivity contribution < 1.29 is 13.4 Å². The molecule has 0 aromatic carbocycles. The quantitative estimate of drug-likeness (QED) is 0.351. The van der Waals surface area contributed by atoms with Crippen LogP contribution < -0.4 is 0 Å². The van der Waals surface area contributed by atoms with E-state index in [0.29, 0.717) is 0 Å². The van der Waals surface area contributed by atoms with Crippen LogP contribution in [0.5, 0.6) is 0 Å². The normalized spacial score (nSPS) is 37.6. The number of hydrogen-bond acceptors (Lipinski definition) is 0. The van der Waals surface area contributed by atoms with Gasteiger partial charge in [0.15, 0.2) is 0 Å². The lowest BCUT2D eigenvalue weighted by Crippen LogP contribution is -2.56. The first-order chi connectivity index (χ1) is 15.9. The lowest BCUT2D eigenvalue weighted by Gasteiger charge is -2.45. The van der Waals surface area contributed by atoms with E-state index in [-0.39, 0.29) is 0 Å². The molecule has 3 heterocycles. The number of likely N-dealkylation sites (tertiary alicyclic amines) is 3. The highest BCUT2D eigenvalue weighted by atomic mass is 15.4. The molecule has 3 heteroatoms. The van der Waals surface area contributed by atoms with Gasteiger partial charge in [0.2, 0.25) is 0 Å². The number of quaternary nitrogens is 3. The third kappa shape index (κ3) is 11.3. The van der Waals surface area contributed by atoms with Crippen molar-refractivity contribution in [2.24, 2.45) is 17.8 Å². The summed E-state index contributed by atoms with van der Waals surface area (Å²) in [5.74, 6) is 2.81. The molecule has 0 N–H and O–H groups in total. The van der Waals surface area contributed by atoms with Crippen molar-refractivity contribution in [3.05, 3.63) is 0 Å². The zero-order valence-corrected chi connectivity index (χ0v) is 25.7. The molecule has 0 spiro atoms. The lowest BCUT2D eigenvalue weighted by molar-refractivity contribution is -0.939. The van der Waals surface area contributed by atoms with Crippen LogP contribution in [0.25, 0.3) is 0 Å². The summed E-state index contributed by atoms with van der Waals surface area (Å²) in [6.07, 6.45) is 12.7. The highest BCUT2D eigenvalue weighted by molar-refractivity contribution is 4.66. The molecule has 5 atom stereocenters. The number of hydrogen-bond donors (Lipinski definition) is 0. The Balaban J connectivity index is 0.000000256. The molecule has 3 rings (SSSR count). The first kappa shape index (κ1) is 31.9. The van der Waals surface area contributed by atoms with Gasteiger partial charge in [-0.3, -0.25) is 0 Å². The van der Waals surface area contributed by atoms with Gasteiger partial charge in [-0.15, -0.1) is 0 Å². The summed E-state index contributed by atoms with van der Waals surface area (Å²) in [6.45, 7) is 27.7. The van der Waals surface area contributed by atoms with Crippen LogP contribution in [0, 0.1) is 17.8 Å². The Morgan fingerprint density at radius 1 is 0.559 bits per heavy atom. The van der Waals surface area contributed by atoms with E-state index in [1.54, 1.807) is 0 Å². The first-order valence-corrected chi connectivity index (χ1v) is 15.4. The molecular weight excluding hydrogens is 414 g/mol. The molecule has 0 aromatic rings. The molecular formula is C31H68N3+3. The molecule has 3 aliphatic rings. The van der Waals surface area contributed by atoms with Gasteiger partial charge in [-0.1, -0.05) is 41.5 Å². The Bertz CT molecular complexity index is 511. The largest absolute Gasteiger partial charge is 0.326 e. The standard InChI is InChI=1S/2C11H24N.C9H20N/c1-5-8-12(4)9-10(2)6-7-11(12)3;1-5-6-12(4)8-10(2)7-11(3)9-12;1-3-7-10(2)8-5-4-6-9-10/h2*10-11H,5-9H2,1-4H3;3-9H2,1-2H3/q3*+1. The maximum atomic E-state index is 2.43. The summed E-state index contributed by atoms with van der Waals surface area (Å²) in [5, 5.41) is 0. The third-order valence-electron chi connectivity index (χ3n) is 9.34. The van der Waals surface area contributed by atoms with Crippen molar-refractivity contribution in [1.29, 1.82) is 0 Å². The molecule has 0 aromatic heterocycles. The highest BCUT2D eigenvalue weighted by Gasteiger charge is 2.34. The van der Waals surface area contributed by atoms with E-state index in [4.69, 9.17) is 0 Å². The summed E-state index contributed by atoms with van der Waals surface area (Å²) in [4.78, 5) is 0. The minimum absolute atomic E-state index is 0.890. The number of piperidine rings is 3. The van der Waals surface area contributed by atoms with Gasteiger partial charge in [-0.05, 0) is 64.7 Å². The van der Waals surface area contributed by atoms with E-state index in [1.807, 2.05) is 0 Å². The van der Waals surface area contributed by atoms with Crippen molar-refractivity contribution in [2.45, 2.75) is 112 Å². The predicted octanol–water partition coefficient (Wildman–Crippen LogP) is 7.21. The summed E-state index contributed by atoms with van der Waals surface area (Å²) >= 11 is 0. The molecule has 5 unspecified atom stereocenters. The summed E-state index contributed by atoms with van der Waals surface area (Å²) in [5.41, 5.74) is 0. The molecule has 0 aliphatic carbocycles. The van der Waals surface area contributed by atoms with Gasteiger partial charge in [-0.2, -0.15) is 0 Å². The second-order valence-corrected chi connectivity index (χ2v) is 13.9. The minimum atomic E-state index is 0.890. The van der Waals surface area contributed by atoms with Gasteiger partial charge < -0.3 is 13.4 Å². The SMILES string of the molecule is CCC[N+]1(C)CC(C)CC(C)C1.CCC[N+]1(C)CC(C)CCC1C.CCC[N+]1(C)CCCCC1. The van der Waals surface area contributed by atoms with Crippen LogP contribution in [0.15, 0.2) is 0 Å². The molecule has 0 amide bonds. The first-order valence-electron chi connectivity index (χ1n) is 15.4. The molecule has 0 radical (unpaired) electrons. The second kappa shape index (κ2) is 15.2.